The predicted octanol–water partition coefficient (Wildman–Crippen LogP) is 3.28. The number of fused-ring (bicyclic) bond motifs is 1. The fourth-order valence-electron chi connectivity index (χ4n) is 1.90. The Labute approximate surface area is 109 Å². The van der Waals surface area contributed by atoms with Crippen LogP contribution in [0.2, 0.25) is 0 Å². The molecule has 0 aliphatic heterocycles. The SMILES string of the molecule is CC(=O)c1ccc2oc(-c3ccc(N)cc3)nc2c1. The Morgan fingerprint density at radius 3 is 2.58 bits per heavy atom. The summed E-state index contributed by atoms with van der Waals surface area (Å²) in [6.07, 6.45) is 0. The highest BCUT2D eigenvalue weighted by molar-refractivity contribution is 5.97. The van der Waals surface area contributed by atoms with Gasteiger partial charge in [-0.25, -0.2) is 4.98 Å². The monoisotopic (exact) mass is 252 g/mol. The van der Waals surface area contributed by atoms with E-state index in [1.807, 2.05) is 12.1 Å². The third-order valence-electron chi connectivity index (χ3n) is 2.95. The van der Waals surface area contributed by atoms with Crippen LogP contribution in [0.15, 0.2) is 46.9 Å². The van der Waals surface area contributed by atoms with Crippen molar-refractivity contribution in [3.8, 4) is 11.5 Å². The standard InChI is InChI=1S/C15H12N2O2/c1-9(18)11-4-7-14-13(8-11)17-15(19-14)10-2-5-12(16)6-3-10/h2-8H,16H2,1H3. The van der Waals surface area contributed by atoms with Crippen molar-refractivity contribution in [3.05, 3.63) is 48.0 Å². The molecule has 1 heterocycles. The first-order valence-electron chi connectivity index (χ1n) is 5.91. The predicted molar refractivity (Wildman–Crippen MR) is 73.9 cm³/mol. The second-order valence-corrected chi connectivity index (χ2v) is 4.38. The maximum absolute atomic E-state index is 11.3. The van der Waals surface area contributed by atoms with Gasteiger partial charge in [0.1, 0.15) is 5.52 Å². The lowest BCUT2D eigenvalue weighted by Gasteiger charge is -1.95. The molecule has 4 heteroatoms. The van der Waals surface area contributed by atoms with Gasteiger partial charge in [0.25, 0.3) is 0 Å². The highest BCUT2D eigenvalue weighted by Gasteiger charge is 2.09. The Morgan fingerprint density at radius 2 is 1.89 bits per heavy atom. The van der Waals surface area contributed by atoms with Gasteiger partial charge in [-0.3, -0.25) is 4.79 Å². The van der Waals surface area contributed by atoms with Gasteiger partial charge in [-0.15, -0.1) is 0 Å². The summed E-state index contributed by atoms with van der Waals surface area (Å²) >= 11 is 0. The fraction of sp³-hybridized carbons (Fsp3) is 0.0667. The molecule has 0 atom stereocenters. The van der Waals surface area contributed by atoms with Crippen molar-refractivity contribution >= 4 is 22.6 Å². The van der Waals surface area contributed by atoms with Crippen molar-refractivity contribution in [2.24, 2.45) is 0 Å². The number of anilines is 1. The van der Waals surface area contributed by atoms with E-state index in [1.54, 1.807) is 30.3 Å². The number of nitrogen functional groups attached to an aromatic ring is 1. The molecular weight excluding hydrogens is 240 g/mol. The Morgan fingerprint density at radius 1 is 1.16 bits per heavy atom. The zero-order chi connectivity index (χ0) is 13.4. The van der Waals surface area contributed by atoms with E-state index in [-0.39, 0.29) is 5.78 Å². The maximum atomic E-state index is 11.3. The van der Waals surface area contributed by atoms with Crippen molar-refractivity contribution in [3.63, 3.8) is 0 Å². The largest absolute Gasteiger partial charge is 0.436 e. The van der Waals surface area contributed by atoms with Crippen LogP contribution in [-0.4, -0.2) is 10.8 Å². The van der Waals surface area contributed by atoms with Gasteiger partial charge in [0.15, 0.2) is 11.4 Å². The smallest absolute Gasteiger partial charge is 0.227 e. The van der Waals surface area contributed by atoms with E-state index in [1.165, 1.54) is 6.92 Å². The molecule has 1 aromatic heterocycles. The minimum Gasteiger partial charge on any atom is -0.436 e. The average molecular weight is 252 g/mol. The van der Waals surface area contributed by atoms with E-state index >= 15 is 0 Å². The number of ketones is 1. The zero-order valence-electron chi connectivity index (χ0n) is 10.4. The third kappa shape index (κ3) is 2.08. The van der Waals surface area contributed by atoms with Gasteiger partial charge in [-0.1, -0.05) is 0 Å². The van der Waals surface area contributed by atoms with Crippen molar-refractivity contribution < 1.29 is 9.21 Å². The van der Waals surface area contributed by atoms with Gasteiger partial charge < -0.3 is 10.2 Å². The van der Waals surface area contributed by atoms with Gasteiger partial charge in [-0.05, 0) is 49.4 Å². The van der Waals surface area contributed by atoms with Gasteiger partial charge in [0.05, 0.1) is 0 Å². The number of carbonyl (C=O) groups excluding carboxylic acids is 1. The van der Waals surface area contributed by atoms with Crippen LogP contribution < -0.4 is 5.73 Å². The van der Waals surface area contributed by atoms with Crippen LogP contribution in [0.1, 0.15) is 17.3 Å². The molecule has 2 N–H and O–H groups in total. The molecule has 0 saturated carbocycles. The molecule has 0 fully saturated rings. The summed E-state index contributed by atoms with van der Waals surface area (Å²) in [4.78, 5) is 15.7. The molecule has 3 rings (SSSR count). The van der Waals surface area contributed by atoms with Gasteiger partial charge >= 0.3 is 0 Å². The minimum atomic E-state index is 0.0129. The van der Waals surface area contributed by atoms with Crippen molar-refractivity contribution in [1.82, 2.24) is 4.98 Å². The van der Waals surface area contributed by atoms with Crippen molar-refractivity contribution in [2.75, 3.05) is 5.73 Å². The summed E-state index contributed by atoms with van der Waals surface area (Å²) in [7, 11) is 0. The molecule has 0 amide bonds. The molecule has 0 radical (unpaired) electrons. The number of aromatic nitrogens is 1. The molecular formula is C15H12N2O2. The highest BCUT2D eigenvalue weighted by Crippen LogP contribution is 2.25. The Bertz CT molecular complexity index is 757. The molecule has 0 aliphatic rings. The summed E-state index contributed by atoms with van der Waals surface area (Å²) in [5, 5.41) is 0. The normalized spacial score (nSPS) is 10.8. The van der Waals surface area contributed by atoms with Crippen LogP contribution in [0.5, 0.6) is 0 Å². The molecule has 2 aromatic carbocycles. The maximum Gasteiger partial charge on any atom is 0.227 e. The van der Waals surface area contributed by atoms with Crippen molar-refractivity contribution in [2.45, 2.75) is 6.92 Å². The number of benzene rings is 2. The van der Waals surface area contributed by atoms with Crippen LogP contribution in [-0.2, 0) is 0 Å². The number of rotatable bonds is 2. The Balaban J connectivity index is 2.11. The molecule has 3 aromatic rings. The number of hydrogen-bond donors (Lipinski definition) is 1. The van der Waals surface area contributed by atoms with E-state index < -0.39 is 0 Å². The van der Waals surface area contributed by atoms with Gasteiger partial charge in [0.2, 0.25) is 5.89 Å². The lowest BCUT2D eigenvalue weighted by atomic mass is 10.1. The number of hydrogen-bond acceptors (Lipinski definition) is 4. The summed E-state index contributed by atoms with van der Waals surface area (Å²) in [5.74, 6) is 0.537. The second-order valence-electron chi connectivity index (χ2n) is 4.38. The third-order valence-corrected chi connectivity index (χ3v) is 2.95. The molecule has 94 valence electrons. The lowest BCUT2D eigenvalue weighted by molar-refractivity contribution is 0.101. The summed E-state index contributed by atoms with van der Waals surface area (Å²) < 4.78 is 5.67. The molecule has 4 nitrogen and oxygen atoms in total. The summed E-state index contributed by atoms with van der Waals surface area (Å²) in [6.45, 7) is 1.53. The van der Waals surface area contributed by atoms with Crippen molar-refractivity contribution in [1.29, 1.82) is 0 Å². The quantitative estimate of drug-likeness (QED) is 0.561. The number of Topliss-reactive ketones (excluding diaryl/α,β-unsaturated/α-hetero) is 1. The zero-order valence-corrected chi connectivity index (χ0v) is 10.4. The van der Waals surface area contributed by atoms with Gasteiger partial charge in [-0.2, -0.15) is 0 Å². The molecule has 0 aliphatic carbocycles. The van der Waals surface area contributed by atoms with E-state index in [4.69, 9.17) is 10.2 Å². The number of nitrogens with zero attached hydrogens (tertiary/aromatic N) is 1. The van der Waals surface area contributed by atoms with Crippen LogP contribution in [0.3, 0.4) is 0 Å². The first-order valence-corrected chi connectivity index (χ1v) is 5.91. The lowest BCUT2D eigenvalue weighted by Crippen LogP contribution is -1.90. The van der Waals surface area contributed by atoms with Crippen LogP contribution in [0.4, 0.5) is 5.69 Å². The first kappa shape index (κ1) is 11.5. The Hall–Kier alpha value is -2.62. The van der Waals surface area contributed by atoms with Crippen LogP contribution in [0.25, 0.3) is 22.6 Å². The summed E-state index contributed by atoms with van der Waals surface area (Å²) in [5.41, 5.74) is 9.17. The van der Waals surface area contributed by atoms with E-state index in [9.17, 15) is 4.79 Å². The molecule has 0 bridgehead atoms. The number of nitrogens with two attached hydrogens (primary N) is 1. The van der Waals surface area contributed by atoms with E-state index in [0.717, 1.165) is 5.56 Å². The second kappa shape index (κ2) is 4.24. The minimum absolute atomic E-state index is 0.0129. The first-order chi connectivity index (χ1) is 9.13. The molecule has 0 saturated heterocycles. The average Bonchev–Trinajstić information content (AvgIpc) is 2.82. The Kier molecular flexibility index (Phi) is 2.56. The molecule has 19 heavy (non-hydrogen) atoms. The van der Waals surface area contributed by atoms with E-state index in [2.05, 4.69) is 4.98 Å². The van der Waals surface area contributed by atoms with Crippen LogP contribution >= 0.6 is 0 Å². The number of carbonyl (C=O) groups is 1. The topological polar surface area (TPSA) is 69.1 Å². The molecule has 0 spiro atoms. The van der Waals surface area contributed by atoms with E-state index in [0.29, 0.717) is 28.2 Å². The highest BCUT2D eigenvalue weighted by atomic mass is 16.3. The van der Waals surface area contributed by atoms with Crippen LogP contribution in [0, 0.1) is 0 Å². The van der Waals surface area contributed by atoms with Gasteiger partial charge in [0, 0.05) is 16.8 Å². The fourth-order valence-corrected chi connectivity index (χ4v) is 1.90. The number of oxazole rings is 1. The summed E-state index contributed by atoms with van der Waals surface area (Å²) in [6, 6.07) is 12.5. The molecule has 0 unspecified atom stereocenters.